The van der Waals surface area contributed by atoms with Gasteiger partial charge in [-0.2, -0.15) is 0 Å². The fourth-order valence-electron chi connectivity index (χ4n) is 1.47. The summed E-state index contributed by atoms with van der Waals surface area (Å²) in [6, 6.07) is 0. The third-order valence-corrected chi connectivity index (χ3v) is 2.31. The number of nitrogens with one attached hydrogen (secondary N) is 1. The van der Waals surface area contributed by atoms with Crippen LogP contribution in [-0.2, 0) is 9.53 Å². The Morgan fingerprint density at radius 2 is 2.14 bits per heavy atom. The Bertz CT molecular complexity index is 168. The van der Waals surface area contributed by atoms with Gasteiger partial charge in [-0.1, -0.05) is 6.92 Å². The molecule has 0 spiro atoms. The molecular weight excluding hydrogens is 180 g/mol. The van der Waals surface area contributed by atoms with Gasteiger partial charge in [-0.25, -0.2) is 0 Å². The number of hydrogen-bond donors (Lipinski definition) is 1. The topological polar surface area (TPSA) is 41.6 Å². The molecule has 1 aliphatic rings. The third-order valence-electron chi connectivity index (χ3n) is 2.31. The molecule has 4 heteroatoms. The second-order valence-corrected chi connectivity index (χ2v) is 3.56. The molecule has 1 aliphatic heterocycles. The van der Waals surface area contributed by atoms with Gasteiger partial charge in [-0.15, -0.1) is 0 Å². The highest BCUT2D eigenvalue weighted by Crippen LogP contribution is 1.96. The van der Waals surface area contributed by atoms with E-state index in [0.29, 0.717) is 13.0 Å². The minimum absolute atomic E-state index is 0.0645. The lowest BCUT2D eigenvalue weighted by atomic mass is 10.3. The van der Waals surface area contributed by atoms with Crippen LogP contribution in [0.25, 0.3) is 0 Å². The van der Waals surface area contributed by atoms with Crippen LogP contribution in [0.1, 0.15) is 19.8 Å². The third kappa shape index (κ3) is 4.58. The maximum Gasteiger partial charge on any atom is 0.307 e. The van der Waals surface area contributed by atoms with E-state index in [2.05, 4.69) is 10.2 Å². The molecule has 1 saturated heterocycles. The molecule has 1 heterocycles. The Morgan fingerprint density at radius 1 is 1.43 bits per heavy atom. The molecule has 0 unspecified atom stereocenters. The highest BCUT2D eigenvalue weighted by atomic mass is 16.5. The Kier molecular flexibility index (Phi) is 5.56. The van der Waals surface area contributed by atoms with Crippen molar-refractivity contribution in [1.29, 1.82) is 0 Å². The van der Waals surface area contributed by atoms with E-state index in [-0.39, 0.29) is 5.97 Å². The van der Waals surface area contributed by atoms with Gasteiger partial charge in [0.25, 0.3) is 0 Å². The summed E-state index contributed by atoms with van der Waals surface area (Å²) in [5.74, 6) is -0.0645. The van der Waals surface area contributed by atoms with Gasteiger partial charge < -0.3 is 15.0 Å². The van der Waals surface area contributed by atoms with Gasteiger partial charge in [0, 0.05) is 32.7 Å². The van der Waals surface area contributed by atoms with Gasteiger partial charge >= 0.3 is 5.97 Å². The second-order valence-electron chi connectivity index (χ2n) is 3.56. The summed E-state index contributed by atoms with van der Waals surface area (Å²) >= 11 is 0. The molecule has 0 amide bonds. The zero-order valence-corrected chi connectivity index (χ0v) is 8.92. The first-order valence-electron chi connectivity index (χ1n) is 5.41. The molecule has 0 aliphatic carbocycles. The summed E-state index contributed by atoms with van der Waals surface area (Å²) in [5.41, 5.74) is 0. The van der Waals surface area contributed by atoms with Crippen LogP contribution in [0.15, 0.2) is 0 Å². The molecule has 0 aromatic carbocycles. The number of hydrogen-bond acceptors (Lipinski definition) is 4. The largest absolute Gasteiger partial charge is 0.466 e. The van der Waals surface area contributed by atoms with E-state index in [1.807, 2.05) is 6.92 Å². The fourth-order valence-corrected chi connectivity index (χ4v) is 1.47. The Labute approximate surface area is 85.6 Å². The average molecular weight is 200 g/mol. The van der Waals surface area contributed by atoms with Crippen molar-refractivity contribution in [2.45, 2.75) is 19.8 Å². The molecule has 0 aromatic rings. The molecule has 4 nitrogen and oxygen atoms in total. The van der Waals surface area contributed by atoms with E-state index in [9.17, 15) is 4.79 Å². The minimum Gasteiger partial charge on any atom is -0.466 e. The van der Waals surface area contributed by atoms with Gasteiger partial charge in [0.05, 0.1) is 13.0 Å². The molecular formula is C10H20N2O2. The SMILES string of the molecule is CCCOC(=O)CCN1CCNCC1. The Morgan fingerprint density at radius 3 is 2.79 bits per heavy atom. The van der Waals surface area contributed by atoms with Crippen LogP contribution in [0.4, 0.5) is 0 Å². The molecule has 14 heavy (non-hydrogen) atoms. The monoisotopic (exact) mass is 200 g/mol. The van der Waals surface area contributed by atoms with Crippen molar-refractivity contribution in [1.82, 2.24) is 10.2 Å². The van der Waals surface area contributed by atoms with Gasteiger partial charge in [0.15, 0.2) is 0 Å². The van der Waals surface area contributed by atoms with Crippen LogP contribution in [-0.4, -0.2) is 50.2 Å². The number of carbonyl (C=O) groups is 1. The van der Waals surface area contributed by atoms with Gasteiger partial charge in [0.1, 0.15) is 0 Å². The van der Waals surface area contributed by atoms with Crippen LogP contribution in [0, 0.1) is 0 Å². The number of piperazine rings is 1. The first-order valence-corrected chi connectivity index (χ1v) is 5.41. The molecule has 0 saturated carbocycles. The first kappa shape index (κ1) is 11.5. The standard InChI is InChI=1S/C10H20N2O2/c1-2-9-14-10(13)3-6-12-7-4-11-5-8-12/h11H,2-9H2,1H3. The lowest BCUT2D eigenvalue weighted by Gasteiger charge is -2.26. The summed E-state index contributed by atoms with van der Waals surface area (Å²) in [7, 11) is 0. The molecule has 0 bridgehead atoms. The highest BCUT2D eigenvalue weighted by molar-refractivity contribution is 5.69. The summed E-state index contributed by atoms with van der Waals surface area (Å²) in [6.45, 7) is 7.55. The van der Waals surface area contributed by atoms with E-state index in [1.54, 1.807) is 0 Å². The van der Waals surface area contributed by atoms with E-state index in [1.165, 1.54) is 0 Å². The maximum absolute atomic E-state index is 11.2. The summed E-state index contributed by atoms with van der Waals surface area (Å²) in [4.78, 5) is 13.5. The van der Waals surface area contributed by atoms with E-state index < -0.39 is 0 Å². The van der Waals surface area contributed by atoms with Crippen molar-refractivity contribution < 1.29 is 9.53 Å². The quantitative estimate of drug-likeness (QED) is 0.645. The first-order chi connectivity index (χ1) is 6.83. The van der Waals surface area contributed by atoms with Crippen molar-refractivity contribution in [2.75, 3.05) is 39.3 Å². The number of nitrogens with zero attached hydrogens (tertiary/aromatic N) is 1. The van der Waals surface area contributed by atoms with Gasteiger partial charge in [-0.3, -0.25) is 4.79 Å². The average Bonchev–Trinajstić information content (AvgIpc) is 2.25. The van der Waals surface area contributed by atoms with Crippen LogP contribution < -0.4 is 5.32 Å². The Balaban J connectivity index is 2.03. The van der Waals surface area contributed by atoms with Crippen LogP contribution >= 0.6 is 0 Å². The zero-order valence-electron chi connectivity index (χ0n) is 8.92. The number of rotatable bonds is 5. The van der Waals surface area contributed by atoms with Gasteiger partial charge in [-0.05, 0) is 6.42 Å². The van der Waals surface area contributed by atoms with Crippen molar-refractivity contribution in [3.05, 3.63) is 0 Å². The molecule has 1 rings (SSSR count). The fraction of sp³-hybridized carbons (Fsp3) is 0.900. The predicted octanol–water partition coefficient (Wildman–Crippen LogP) is 0.235. The van der Waals surface area contributed by atoms with Crippen LogP contribution in [0.5, 0.6) is 0 Å². The summed E-state index contributed by atoms with van der Waals surface area (Å²) in [5, 5.41) is 3.28. The van der Waals surface area contributed by atoms with Crippen molar-refractivity contribution in [3.63, 3.8) is 0 Å². The lowest BCUT2D eigenvalue weighted by Crippen LogP contribution is -2.44. The molecule has 0 atom stereocenters. The molecule has 0 aromatic heterocycles. The van der Waals surface area contributed by atoms with Crippen LogP contribution in [0.2, 0.25) is 0 Å². The van der Waals surface area contributed by atoms with E-state index in [0.717, 1.165) is 39.1 Å². The van der Waals surface area contributed by atoms with E-state index >= 15 is 0 Å². The smallest absolute Gasteiger partial charge is 0.307 e. The number of ether oxygens (including phenoxy) is 1. The zero-order chi connectivity index (χ0) is 10.2. The van der Waals surface area contributed by atoms with Crippen molar-refractivity contribution in [2.24, 2.45) is 0 Å². The van der Waals surface area contributed by atoms with Crippen molar-refractivity contribution in [3.8, 4) is 0 Å². The number of carbonyl (C=O) groups excluding carboxylic acids is 1. The molecule has 1 N–H and O–H groups in total. The van der Waals surface area contributed by atoms with Gasteiger partial charge in [0.2, 0.25) is 0 Å². The Hall–Kier alpha value is -0.610. The van der Waals surface area contributed by atoms with Crippen molar-refractivity contribution >= 4 is 5.97 Å². The minimum atomic E-state index is -0.0645. The summed E-state index contributed by atoms with van der Waals surface area (Å²) in [6.07, 6.45) is 1.43. The second kappa shape index (κ2) is 6.79. The number of esters is 1. The molecule has 0 radical (unpaired) electrons. The normalized spacial score (nSPS) is 18.1. The predicted molar refractivity (Wildman–Crippen MR) is 55.2 cm³/mol. The lowest BCUT2D eigenvalue weighted by molar-refractivity contribution is -0.144. The van der Waals surface area contributed by atoms with E-state index in [4.69, 9.17) is 4.74 Å². The highest BCUT2D eigenvalue weighted by Gasteiger charge is 2.11. The summed E-state index contributed by atoms with van der Waals surface area (Å²) < 4.78 is 5.00. The molecule has 82 valence electrons. The molecule has 1 fully saturated rings. The maximum atomic E-state index is 11.2. The van der Waals surface area contributed by atoms with Crippen LogP contribution in [0.3, 0.4) is 0 Å².